The van der Waals surface area contributed by atoms with Gasteiger partial charge in [-0.15, -0.1) is 0 Å². The van der Waals surface area contributed by atoms with Crippen LogP contribution >= 0.6 is 0 Å². The van der Waals surface area contributed by atoms with Crippen LogP contribution in [0.5, 0.6) is 5.75 Å². The molecule has 1 atom stereocenters. The summed E-state index contributed by atoms with van der Waals surface area (Å²) in [5, 5.41) is 9.36. The molecule has 0 bridgehead atoms. The van der Waals surface area contributed by atoms with Gasteiger partial charge in [-0.1, -0.05) is 44.6 Å². The molecule has 1 aromatic rings. The fourth-order valence-corrected chi connectivity index (χ4v) is 1.12. The molecule has 2 heteroatoms. The summed E-state index contributed by atoms with van der Waals surface area (Å²) in [6.45, 7) is 4.29. The third-order valence-corrected chi connectivity index (χ3v) is 2.37. The Morgan fingerprint density at radius 2 is 2.21 bits per heavy atom. The third kappa shape index (κ3) is 2.52. The van der Waals surface area contributed by atoms with Gasteiger partial charge >= 0.3 is 0 Å². The van der Waals surface area contributed by atoms with Gasteiger partial charge in [-0.25, -0.2) is 0 Å². The fraction of sp³-hybridized carbons (Fsp3) is 0.333. The molecule has 0 amide bonds. The number of rotatable bonds is 3. The molecule has 0 aliphatic heterocycles. The van der Waals surface area contributed by atoms with Crippen LogP contribution in [0.4, 0.5) is 5.69 Å². The van der Waals surface area contributed by atoms with E-state index in [1.165, 1.54) is 0 Å². The van der Waals surface area contributed by atoms with Crippen LogP contribution in [0, 0.1) is 5.92 Å². The van der Waals surface area contributed by atoms with Crippen molar-refractivity contribution >= 4 is 11.8 Å². The predicted octanol–water partition coefficient (Wildman–Crippen LogP) is 3.03. The highest BCUT2D eigenvalue weighted by Gasteiger charge is 2.00. The summed E-state index contributed by atoms with van der Waals surface area (Å²) < 4.78 is 0. The first kappa shape index (κ1) is 10.6. The summed E-state index contributed by atoms with van der Waals surface area (Å²) in [6.07, 6.45) is 5.17. The topological polar surface area (TPSA) is 46.2 Å². The van der Waals surface area contributed by atoms with Crippen molar-refractivity contribution < 1.29 is 5.11 Å². The Morgan fingerprint density at radius 1 is 1.50 bits per heavy atom. The molecule has 0 saturated carbocycles. The van der Waals surface area contributed by atoms with Crippen molar-refractivity contribution in [2.75, 3.05) is 5.73 Å². The Labute approximate surface area is 85.1 Å². The Kier molecular flexibility index (Phi) is 3.57. The van der Waals surface area contributed by atoms with Gasteiger partial charge in [-0.05, 0) is 12.0 Å². The van der Waals surface area contributed by atoms with Gasteiger partial charge in [0.1, 0.15) is 5.75 Å². The second-order valence-electron chi connectivity index (χ2n) is 3.52. The summed E-state index contributed by atoms with van der Waals surface area (Å²) in [5.74, 6) is 0.688. The lowest BCUT2D eigenvalue weighted by atomic mass is 10.1. The molecule has 0 aromatic heterocycles. The number of nitrogens with two attached hydrogens (primary N) is 1. The number of benzene rings is 1. The summed E-state index contributed by atoms with van der Waals surface area (Å²) in [4.78, 5) is 0. The molecule has 2 nitrogen and oxygen atoms in total. The van der Waals surface area contributed by atoms with E-state index in [0.29, 0.717) is 11.6 Å². The second-order valence-corrected chi connectivity index (χ2v) is 3.52. The SMILES string of the molecule is CCC(C)/C=C\c1cccc(O)c1N. The Balaban J connectivity index is 2.86. The van der Waals surface area contributed by atoms with Gasteiger partial charge in [0.15, 0.2) is 0 Å². The lowest BCUT2D eigenvalue weighted by molar-refractivity contribution is 0.478. The van der Waals surface area contributed by atoms with E-state index in [2.05, 4.69) is 19.9 Å². The molecule has 0 heterocycles. The van der Waals surface area contributed by atoms with Crippen LogP contribution < -0.4 is 5.73 Å². The van der Waals surface area contributed by atoms with Crippen LogP contribution in [0.2, 0.25) is 0 Å². The molecule has 76 valence electrons. The first-order valence-corrected chi connectivity index (χ1v) is 4.90. The number of para-hydroxylation sites is 1. The molecule has 14 heavy (non-hydrogen) atoms. The van der Waals surface area contributed by atoms with Crippen LogP contribution in [-0.2, 0) is 0 Å². The first-order chi connectivity index (χ1) is 6.65. The average Bonchev–Trinajstić information content (AvgIpc) is 2.20. The summed E-state index contributed by atoms with van der Waals surface area (Å²) in [6, 6.07) is 5.28. The van der Waals surface area contributed by atoms with E-state index in [0.717, 1.165) is 12.0 Å². The lowest BCUT2D eigenvalue weighted by Gasteiger charge is -2.04. The van der Waals surface area contributed by atoms with E-state index < -0.39 is 0 Å². The largest absolute Gasteiger partial charge is 0.506 e. The number of aromatic hydroxyl groups is 1. The highest BCUT2D eigenvalue weighted by atomic mass is 16.3. The molecule has 0 saturated heterocycles. The normalized spacial score (nSPS) is 13.3. The number of hydrogen-bond acceptors (Lipinski definition) is 2. The highest BCUT2D eigenvalue weighted by molar-refractivity contribution is 5.69. The Hall–Kier alpha value is -1.44. The number of anilines is 1. The second kappa shape index (κ2) is 4.70. The third-order valence-electron chi connectivity index (χ3n) is 2.37. The van der Waals surface area contributed by atoms with E-state index in [1.54, 1.807) is 12.1 Å². The van der Waals surface area contributed by atoms with Crippen LogP contribution in [0.15, 0.2) is 24.3 Å². The van der Waals surface area contributed by atoms with Crippen molar-refractivity contribution in [2.45, 2.75) is 20.3 Å². The van der Waals surface area contributed by atoms with E-state index in [9.17, 15) is 5.11 Å². The van der Waals surface area contributed by atoms with Gasteiger partial charge in [0.05, 0.1) is 5.69 Å². The molecule has 3 N–H and O–H groups in total. The molecule has 0 spiro atoms. The van der Waals surface area contributed by atoms with Gasteiger partial charge < -0.3 is 10.8 Å². The van der Waals surface area contributed by atoms with E-state index >= 15 is 0 Å². The van der Waals surface area contributed by atoms with Crippen molar-refractivity contribution in [3.8, 4) is 5.75 Å². The van der Waals surface area contributed by atoms with E-state index in [4.69, 9.17) is 5.73 Å². The monoisotopic (exact) mass is 191 g/mol. The zero-order chi connectivity index (χ0) is 10.6. The molecule has 0 radical (unpaired) electrons. The predicted molar refractivity (Wildman–Crippen MR) is 61.0 cm³/mol. The molecule has 0 aliphatic rings. The molecular weight excluding hydrogens is 174 g/mol. The van der Waals surface area contributed by atoms with E-state index in [-0.39, 0.29) is 5.75 Å². The molecule has 1 aromatic carbocycles. The zero-order valence-corrected chi connectivity index (χ0v) is 8.70. The van der Waals surface area contributed by atoms with Crippen molar-refractivity contribution in [1.29, 1.82) is 0 Å². The van der Waals surface area contributed by atoms with Gasteiger partial charge in [0, 0.05) is 5.56 Å². The number of allylic oxidation sites excluding steroid dienone is 1. The lowest BCUT2D eigenvalue weighted by Crippen LogP contribution is -1.90. The van der Waals surface area contributed by atoms with Crippen molar-refractivity contribution in [1.82, 2.24) is 0 Å². The van der Waals surface area contributed by atoms with Crippen molar-refractivity contribution in [3.63, 3.8) is 0 Å². The fourth-order valence-electron chi connectivity index (χ4n) is 1.12. The first-order valence-electron chi connectivity index (χ1n) is 4.90. The smallest absolute Gasteiger partial charge is 0.139 e. The van der Waals surface area contributed by atoms with E-state index in [1.807, 2.05) is 12.1 Å². The minimum Gasteiger partial charge on any atom is -0.506 e. The zero-order valence-electron chi connectivity index (χ0n) is 8.70. The van der Waals surface area contributed by atoms with Gasteiger partial charge in [-0.3, -0.25) is 0 Å². The quantitative estimate of drug-likeness (QED) is 0.569. The Morgan fingerprint density at radius 3 is 2.86 bits per heavy atom. The van der Waals surface area contributed by atoms with Crippen LogP contribution in [-0.4, -0.2) is 5.11 Å². The average molecular weight is 191 g/mol. The minimum absolute atomic E-state index is 0.149. The maximum atomic E-state index is 9.36. The minimum atomic E-state index is 0.149. The summed E-state index contributed by atoms with van der Waals surface area (Å²) in [5.41, 5.74) is 7.04. The van der Waals surface area contributed by atoms with Gasteiger partial charge in [0.2, 0.25) is 0 Å². The molecule has 1 unspecified atom stereocenters. The summed E-state index contributed by atoms with van der Waals surface area (Å²) >= 11 is 0. The van der Waals surface area contributed by atoms with Gasteiger partial charge in [-0.2, -0.15) is 0 Å². The number of phenolic OH excluding ortho intramolecular Hbond substituents is 1. The number of nitrogen functional groups attached to an aromatic ring is 1. The maximum absolute atomic E-state index is 9.36. The van der Waals surface area contributed by atoms with Gasteiger partial charge in [0.25, 0.3) is 0 Å². The highest BCUT2D eigenvalue weighted by Crippen LogP contribution is 2.24. The van der Waals surface area contributed by atoms with Crippen molar-refractivity contribution in [2.24, 2.45) is 5.92 Å². The summed E-state index contributed by atoms with van der Waals surface area (Å²) in [7, 11) is 0. The van der Waals surface area contributed by atoms with Crippen LogP contribution in [0.1, 0.15) is 25.8 Å². The molecular formula is C12H17NO. The number of hydrogen-bond donors (Lipinski definition) is 2. The molecule has 1 rings (SSSR count). The molecule has 0 aliphatic carbocycles. The van der Waals surface area contributed by atoms with Crippen LogP contribution in [0.3, 0.4) is 0 Å². The van der Waals surface area contributed by atoms with Crippen LogP contribution in [0.25, 0.3) is 6.08 Å². The molecule has 0 fully saturated rings. The Bertz CT molecular complexity index is 331. The number of phenols is 1. The standard InChI is InChI=1S/C12H17NO/c1-3-9(2)7-8-10-5-4-6-11(14)12(10)13/h4-9,14H,3,13H2,1-2H3/b8-7-. The maximum Gasteiger partial charge on any atom is 0.139 e. The van der Waals surface area contributed by atoms with Crippen molar-refractivity contribution in [3.05, 3.63) is 29.8 Å².